The second kappa shape index (κ2) is 7.98. The van der Waals surface area contributed by atoms with Gasteiger partial charge in [-0.15, -0.1) is 11.3 Å². The zero-order valence-electron chi connectivity index (χ0n) is 14.9. The molecule has 0 aliphatic carbocycles. The Kier molecular flexibility index (Phi) is 6.17. The van der Waals surface area contributed by atoms with Gasteiger partial charge in [-0.2, -0.15) is 0 Å². The molecule has 2 aromatic rings. The Morgan fingerprint density at radius 2 is 1.81 bits per heavy atom. The highest BCUT2D eigenvalue weighted by Crippen LogP contribution is 2.29. The molecule has 0 bridgehead atoms. The van der Waals surface area contributed by atoms with Crippen molar-refractivity contribution in [1.29, 1.82) is 0 Å². The van der Waals surface area contributed by atoms with Gasteiger partial charge in [-0.25, -0.2) is 17.5 Å². The minimum atomic E-state index is -3.56. The Labute approximate surface area is 156 Å². The summed E-state index contributed by atoms with van der Waals surface area (Å²) in [5, 5.41) is 3.09. The first kappa shape index (κ1) is 20.1. The van der Waals surface area contributed by atoms with Gasteiger partial charge in [0.15, 0.2) is 0 Å². The van der Waals surface area contributed by atoms with Crippen LogP contribution in [0, 0.1) is 6.92 Å². The first-order valence-electron chi connectivity index (χ1n) is 7.78. The first-order valence-corrected chi connectivity index (χ1v) is 10.0. The summed E-state index contributed by atoms with van der Waals surface area (Å²) < 4.78 is 30.2. The Morgan fingerprint density at radius 1 is 1.19 bits per heavy atom. The van der Waals surface area contributed by atoms with E-state index in [-0.39, 0.29) is 17.1 Å². The summed E-state index contributed by atoms with van der Waals surface area (Å²) in [6, 6.07) is 7.25. The van der Waals surface area contributed by atoms with Crippen molar-refractivity contribution in [2.45, 2.75) is 18.7 Å². The molecule has 0 fully saturated rings. The van der Waals surface area contributed by atoms with Crippen LogP contribution in [0.5, 0.6) is 0 Å². The lowest BCUT2D eigenvalue weighted by Crippen LogP contribution is -2.22. The van der Waals surface area contributed by atoms with E-state index in [9.17, 15) is 18.0 Å². The number of hydrogen-bond donors (Lipinski definition) is 1. The third-order valence-corrected chi connectivity index (χ3v) is 6.27. The van der Waals surface area contributed by atoms with Crippen LogP contribution in [0.3, 0.4) is 0 Å². The van der Waals surface area contributed by atoms with Crippen LogP contribution in [-0.4, -0.2) is 45.3 Å². The molecule has 140 valence electrons. The Bertz CT molecular complexity index is 915. The molecule has 0 saturated carbocycles. The molecule has 0 unspecified atom stereocenters. The Balaban J connectivity index is 2.23. The third kappa shape index (κ3) is 4.29. The predicted octanol–water partition coefficient (Wildman–Crippen LogP) is 2.74. The van der Waals surface area contributed by atoms with Crippen molar-refractivity contribution in [2.75, 3.05) is 26.0 Å². The quantitative estimate of drug-likeness (QED) is 0.758. The first-order chi connectivity index (χ1) is 12.2. The molecule has 1 aromatic carbocycles. The topological polar surface area (TPSA) is 92.8 Å². The van der Waals surface area contributed by atoms with E-state index in [1.54, 1.807) is 13.0 Å². The maximum atomic E-state index is 12.4. The van der Waals surface area contributed by atoms with Crippen molar-refractivity contribution in [3.8, 4) is 0 Å². The lowest BCUT2D eigenvalue weighted by Gasteiger charge is -2.11. The van der Waals surface area contributed by atoms with Gasteiger partial charge in [-0.3, -0.25) is 4.79 Å². The van der Waals surface area contributed by atoms with Crippen molar-refractivity contribution in [3.05, 3.63) is 46.3 Å². The van der Waals surface area contributed by atoms with E-state index >= 15 is 0 Å². The molecular weight excluding hydrogens is 376 g/mol. The Hall–Kier alpha value is -2.23. The van der Waals surface area contributed by atoms with E-state index in [1.165, 1.54) is 49.7 Å². The van der Waals surface area contributed by atoms with Gasteiger partial charge in [0.1, 0.15) is 5.00 Å². The highest BCUT2D eigenvalue weighted by atomic mass is 32.2. The van der Waals surface area contributed by atoms with Crippen molar-refractivity contribution in [2.24, 2.45) is 0 Å². The average molecular weight is 396 g/mol. The number of carbonyl (C=O) groups excluding carboxylic acids is 2. The Morgan fingerprint density at radius 3 is 2.35 bits per heavy atom. The molecule has 26 heavy (non-hydrogen) atoms. The largest absolute Gasteiger partial charge is 0.462 e. The number of aryl methyl sites for hydroxylation is 1. The van der Waals surface area contributed by atoms with Crippen LogP contribution in [0.15, 0.2) is 35.2 Å². The molecule has 1 aromatic heterocycles. The molecule has 9 heteroatoms. The number of carbonyl (C=O) groups is 2. The highest BCUT2D eigenvalue weighted by Gasteiger charge is 2.20. The van der Waals surface area contributed by atoms with Crippen LogP contribution in [0.1, 0.15) is 32.5 Å². The van der Waals surface area contributed by atoms with Crippen LogP contribution in [0.4, 0.5) is 5.00 Å². The normalized spacial score (nSPS) is 11.4. The molecule has 0 atom stereocenters. The number of ether oxygens (including phenoxy) is 1. The summed E-state index contributed by atoms with van der Waals surface area (Å²) in [4.78, 5) is 25.4. The lowest BCUT2D eigenvalue weighted by molar-refractivity contribution is 0.0528. The van der Waals surface area contributed by atoms with Crippen molar-refractivity contribution < 1.29 is 22.7 Å². The second-order valence-electron chi connectivity index (χ2n) is 5.59. The van der Waals surface area contributed by atoms with Crippen molar-refractivity contribution >= 4 is 38.2 Å². The maximum Gasteiger partial charge on any atom is 0.341 e. The standard InChI is InChI=1S/C17H20N2O5S2/c1-5-24-17(21)14-10-11(2)25-16(14)18-15(20)12-6-8-13(9-7-12)26(22,23)19(3)4/h6-10H,5H2,1-4H3,(H,18,20). The monoisotopic (exact) mass is 396 g/mol. The third-order valence-electron chi connectivity index (χ3n) is 3.47. The zero-order valence-corrected chi connectivity index (χ0v) is 16.5. The predicted molar refractivity (Wildman–Crippen MR) is 100 cm³/mol. The SMILES string of the molecule is CCOC(=O)c1cc(C)sc1NC(=O)c1ccc(S(=O)(=O)N(C)C)cc1. The van der Waals surface area contributed by atoms with Crippen LogP contribution in [-0.2, 0) is 14.8 Å². The van der Waals surface area contributed by atoms with Crippen molar-refractivity contribution in [3.63, 3.8) is 0 Å². The van der Waals surface area contributed by atoms with Gasteiger partial charge in [-0.1, -0.05) is 0 Å². The molecule has 7 nitrogen and oxygen atoms in total. The average Bonchev–Trinajstić information content (AvgIpc) is 2.95. The molecule has 0 aliphatic heterocycles. The summed E-state index contributed by atoms with van der Waals surface area (Å²) in [6.07, 6.45) is 0. The van der Waals surface area contributed by atoms with Crippen molar-refractivity contribution in [1.82, 2.24) is 4.31 Å². The molecular formula is C17H20N2O5S2. The molecule has 0 spiro atoms. The molecule has 2 rings (SSSR count). The van der Waals surface area contributed by atoms with E-state index in [0.717, 1.165) is 9.18 Å². The number of benzene rings is 1. The molecule has 0 aliphatic rings. The fourth-order valence-electron chi connectivity index (χ4n) is 2.13. The van der Waals surface area contributed by atoms with E-state index < -0.39 is 21.9 Å². The molecule has 0 saturated heterocycles. The van der Waals surface area contributed by atoms with Crippen LogP contribution in [0.2, 0.25) is 0 Å². The number of nitrogens with zero attached hydrogens (tertiary/aromatic N) is 1. The maximum absolute atomic E-state index is 12.4. The van der Waals surface area contributed by atoms with Gasteiger partial charge in [0.05, 0.1) is 17.1 Å². The number of rotatable bonds is 6. The summed E-state index contributed by atoms with van der Waals surface area (Å²) in [5.41, 5.74) is 0.582. The lowest BCUT2D eigenvalue weighted by atomic mass is 10.2. The van der Waals surface area contributed by atoms with Crippen LogP contribution in [0.25, 0.3) is 0 Å². The summed E-state index contributed by atoms with van der Waals surface area (Å²) in [6.45, 7) is 3.77. The van der Waals surface area contributed by atoms with E-state index in [2.05, 4.69) is 5.32 Å². The molecule has 1 N–H and O–H groups in total. The van der Waals surface area contributed by atoms with Gasteiger partial charge >= 0.3 is 5.97 Å². The number of esters is 1. The van der Waals surface area contributed by atoms with Gasteiger partial charge in [0, 0.05) is 24.5 Å². The van der Waals surface area contributed by atoms with Gasteiger partial charge in [-0.05, 0) is 44.2 Å². The summed E-state index contributed by atoms with van der Waals surface area (Å²) in [7, 11) is -0.684. The van der Waals surface area contributed by atoms with Gasteiger partial charge in [0.2, 0.25) is 10.0 Å². The number of sulfonamides is 1. The van der Waals surface area contributed by atoms with Crippen LogP contribution >= 0.6 is 11.3 Å². The number of nitrogens with one attached hydrogen (secondary N) is 1. The summed E-state index contributed by atoms with van der Waals surface area (Å²) in [5.74, 6) is -0.939. The second-order valence-corrected chi connectivity index (χ2v) is 8.99. The summed E-state index contributed by atoms with van der Waals surface area (Å²) >= 11 is 1.27. The van der Waals surface area contributed by atoms with Gasteiger partial charge in [0.25, 0.3) is 5.91 Å². The fraction of sp³-hybridized carbons (Fsp3) is 0.294. The van der Waals surface area contributed by atoms with E-state index in [4.69, 9.17) is 4.74 Å². The molecule has 1 amide bonds. The fourth-order valence-corrected chi connectivity index (χ4v) is 3.93. The number of thiophene rings is 1. The zero-order chi connectivity index (χ0) is 19.5. The highest BCUT2D eigenvalue weighted by molar-refractivity contribution is 7.89. The van der Waals surface area contributed by atoms with Gasteiger partial charge < -0.3 is 10.1 Å². The van der Waals surface area contributed by atoms with E-state index in [1.807, 2.05) is 6.92 Å². The smallest absolute Gasteiger partial charge is 0.341 e. The van der Waals surface area contributed by atoms with E-state index in [0.29, 0.717) is 10.6 Å². The number of anilines is 1. The molecule has 0 radical (unpaired) electrons. The van der Waals surface area contributed by atoms with Crippen LogP contribution < -0.4 is 5.32 Å². The minimum Gasteiger partial charge on any atom is -0.462 e. The number of amides is 1. The number of hydrogen-bond acceptors (Lipinski definition) is 6. The molecule has 1 heterocycles. The minimum absolute atomic E-state index is 0.0956.